The van der Waals surface area contributed by atoms with Crippen molar-refractivity contribution in [1.29, 1.82) is 0 Å². The van der Waals surface area contributed by atoms with Crippen LogP contribution in [0.2, 0.25) is 0 Å². The number of H-pyrrole nitrogens is 1. The first-order chi connectivity index (χ1) is 14.7. The number of ether oxygens (including phenoxy) is 1. The van der Waals surface area contributed by atoms with Crippen molar-refractivity contribution in [2.45, 2.75) is 6.42 Å². The molecule has 0 saturated carbocycles. The predicted molar refractivity (Wildman–Crippen MR) is 127 cm³/mol. The fourth-order valence-corrected chi connectivity index (χ4v) is 4.24. The fourth-order valence-electron chi connectivity index (χ4n) is 4.24. The largest absolute Gasteiger partial charge is 0.497 e. The maximum Gasteiger partial charge on any atom is 0.136 e. The first-order valence-electron chi connectivity index (χ1n) is 10.3. The highest BCUT2D eigenvalue weighted by Crippen LogP contribution is 2.38. The molecule has 0 bridgehead atoms. The van der Waals surface area contributed by atoms with E-state index in [9.17, 15) is 0 Å². The van der Waals surface area contributed by atoms with Crippen LogP contribution in [0.5, 0.6) is 5.75 Å². The van der Waals surface area contributed by atoms with E-state index < -0.39 is 0 Å². The number of benzene rings is 3. The van der Waals surface area contributed by atoms with Crippen LogP contribution < -0.4 is 10.1 Å². The zero-order chi connectivity index (χ0) is 20.7. The van der Waals surface area contributed by atoms with Gasteiger partial charge in [0.05, 0.1) is 29.0 Å². The number of nitrogens with one attached hydrogen (secondary N) is 2. The van der Waals surface area contributed by atoms with Gasteiger partial charge in [-0.2, -0.15) is 0 Å². The topological polar surface area (TPSA) is 53.2 Å². The molecule has 0 amide bonds. The van der Waals surface area contributed by atoms with Crippen LogP contribution in [0.1, 0.15) is 6.42 Å². The molecule has 152 valence electrons. The molecule has 0 radical (unpaired) electrons. The van der Waals surface area contributed by atoms with Gasteiger partial charge in [-0.25, -0.2) is 4.98 Å². The lowest BCUT2D eigenvalue weighted by Crippen LogP contribution is -2.16. The minimum Gasteiger partial charge on any atom is -0.497 e. The van der Waals surface area contributed by atoms with Crippen molar-refractivity contribution in [2.75, 3.05) is 39.6 Å². The Morgan fingerprint density at radius 3 is 2.63 bits per heavy atom. The van der Waals surface area contributed by atoms with E-state index in [2.05, 4.69) is 71.8 Å². The van der Waals surface area contributed by atoms with E-state index in [1.165, 1.54) is 10.8 Å². The Labute approximate surface area is 175 Å². The molecular weight excluding hydrogens is 372 g/mol. The van der Waals surface area contributed by atoms with Crippen molar-refractivity contribution in [1.82, 2.24) is 14.9 Å². The lowest BCUT2D eigenvalue weighted by atomic mass is 10.0. The quantitative estimate of drug-likeness (QED) is 0.376. The first-order valence-corrected chi connectivity index (χ1v) is 10.3. The molecule has 30 heavy (non-hydrogen) atoms. The van der Waals surface area contributed by atoms with Gasteiger partial charge in [-0.3, -0.25) is 0 Å². The van der Waals surface area contributed by atoms with Crippen molar-refractivity contribution in [2.24, 2.45) is 0 Å². The zero-order valence-corrected chi connectivity index (χ0v) is 17.6. The van der Waals surface area contributed by atoms with Crippen LogP contribution in [-0.4, -0.2) is 49.2 Å². The first kappa shape index (κ1) is 18.7. The van der Waals surface area contributed by atoms with Crippen LogP contribution in [-0.2, 0) is 0 Å². The van der Waals surface area contributed by atoms with Gasteiger partial charge in [-0.15, -0.1) is 0 Å². The molecule has 0 saturated heterocycles. The van der Waals surface area contributed by atoms with Crippen LogP contribution in [0, 0.1) is 0 Å². The SMILES string of the molecule is COc1ccc2c(ccc3c2[nH]c2c4ccccc4nc(NCCCN(C)C)c32)c1. The number of fused-ring (bicyclic) bond motifs is 7. The van der Waals surface area contributed by atoms with Crippen molar-refractivity contribution in [3.8, 4) is 5.75 Å². The number of rotatable bonds is 6. The minimum absolute atomic E-state index is 0.869. The second-order valence-corrected chi connectivity index (χ2v) is 8.01. The molecule has 0 aliphatic rings. The summed E-state index contributed by atoms with van der Waals surface area (Å²) in [6, 6.07) is 18.9. The Balaban J connectivity index is 1.74. The van der Waals surface area contributed by atoms with Crippen molar-refractivity contribution in [3.63, 3.8) is 0 Å². The molecule has 5 rings (SSSR count). The lowest BCUT2D eigenvalue weighted by Gasteiger charge is -2.12. The molecular formula is C25H26N4O. The third kappa shape index (κ3) is 3.12. The van der Waals surface area contributed by atoms with E-state index in [0.29, 0.717) is 0 Å². The Morgan fingerprint density at radius 1 is 0.967 bits per heavy atom. The maximum atomic E-state index is 5.41. The van der Waals surface area contributed by atoms with E-state index in [4.69, 9.17) is 9.72 Å². The number of hydrogen-bond donors (Lipinski definition) is 2. The molecule has 2 aromatic heterocycles. The van der Waals surface area contributed by atoms with E-state index >= 15 is 0 Å². The third-order valence-corrected chi connectivity index (χ3v) is 5.71. The van der Waals surface area contributed by atoms with Crippen LogP contribution in [0.3, 0.4) is 0 Å². The van der Waals surface area contributed by atoms with Gasteiger partial charge >= 0.3 is 0 Å². The zero-order valence-electron chi connectivity index (χ0n) is 17.6. The highest BCUT2D eigenvalue weighted by molar-refractivity contribution is 6.24. The Hall–Kier alpha value is -3.31. The molecule has 5 heteroatoms. The molecule has 0 atom stereocenters. The molecule has 3 aromatic carbocycles. The Bertz CT molecular complexity index is 1370. The summed E-state index contributed by atoms with van der Waals surface area (Å²) in [7, 11) is 5.91. The average Bonchev–Trinajstić information content (AvgIpc) is 3.16. The summed E-state index contributed by atoms with van der Waals surface area (Å²) in [5.41, 5.74) is 3.27. The van der Waals surface area contributed by atoms with Crippen LogP contribution >= 0.6 is 0 Å². The van der Waals surface area contributed by atoms with Gasteiger partial charge in [-0.05, 0) is 56.7 Å². The Morgan fingerprint density at radius 2 is 1.80 bits per heavy atom. The average molecular weight is 399 g/mol. The summed E-state index contributed by atoms with van der Waals surface area (Å²) < 4.78 is 5.41. The molecule has 5 aromatic rings. The second kappa shape index (κ2) is 7.50. The molecule has 5 nitrogen and oxygen atoms in total. The molecule has 0 fully saturated rings. The predicted octanol–water partition coefficient (Wildman–Crippen LogP) is 5.39. The van der Waals surface area contributed by atoms with Crippen LogP contribution in [0.4, 0.5) is 5.82 Å². The number of aromatic nitrogens is 2. The molecule has 0 aliphatic heterocycles. The van der Waals surface area contributed by atoms with Gasteiger partial charge in [0, 0.05) is 22.7 Å². The second-order valence-electron chi connectivity index (χ2n) is 8.01. The fraction of sp³-hybridized carbons (Fsp3) is 0.240. The van der Waals surface area contributed by atoms with Crippen molar-refractivity contribution in [3.05, 3.63) is 54.6 Å². The monoisotopic (exact) mass is 398 g/mol. The van der Waals surface area contributed by atoms with Crippen molar-refractivity contribution >= 4 is 49.3 Å². The van der Waals surface area contributed by atoms with Crippen molar-refractivity contribution < 1.29 is 4.74 Å². The number of aromatic amines is 1. The van der Waals surface area contributed by atoms with Gasteiger partial charge in [0.25, 0.3) is 0 Å². The number of nitrogens with zero attached hydrogens (tertiary/aromatic N) is 2. The highest BCUT2D eigenvalue weighted by Gasteiger charge is 2.16. The minimum atomic E-state index is 0.869. The van der Waals surface area contributed by atoms with Gasteiger partial charge in [0.2, 0.25) is 0 Å². The molecule has 2 N–H and O–H groups in total. The summed E-state index contributed by atoms with van der Waals surface area (Å²) in [5.74, 6) is 1.81. The molecule has 0 aliphatic carbocycles. The maximum absolute atomic E-state index is 5.41. The van der Waals surface area contributed by atoms with E-state index in [1.807, 2.05) is 12.1 Å². The van der Waals surface area contributed by atoms with E-state index in [0.717, 1.165) is 63.8 Å². The number of anilines is 1. The molecule has 2 heterocycles. The van der Waals surface area contributed by atoms with Gasteiger partial charge in [0.15, 0.2) is 0 Å². The van der Waals surface area contributed by atoms with Gasteiger partial charge in [-0.1, -0.05) is 30.3 Å². The molecule has 0 spiro atoms. The standard InChI is InChI=1S/C25H26N4O/c1-29(2)14-6-13-26-25-22-20-11-9-16-15-17(30-3)10-12-18(16)23(20)28-24(22)19-7-4-5-8-21(19)27-25/h4-5,7-12,15,28H,6,13-14H2,1-3H3,(H,26,27). The van der Waals surface area contributed by atoms with Crippen LogP contribution in [0.15, 0.2) is 54.6 Å². The normalized spacial score (nSPS) is 11.9. The summed E-state index contributed by atoms with van der Waals surface area (Å²) >= 11 is 0. The number of methoxy groups -OCH3 is 1. The number of para-hydroxylation sites is 1. The highest BCUT2D eigenvalue weighted by atomic mass is 16.5. The Kier molecular flexibility index (Phi) is 4.68. The molecule has 0 unspecified atom stereocenters. The lowest BCUT2D eigenvalue weighted by molar-refractivity contribution is 0.405. The van der Waals surface area contributed by atoms with Gasteiger partial charge in [0.1, 0.15) is 11.6 Å². The summed E-state index contributed by atoms with van der Waals surface area (Å²) in [6.07, 6.45) is 1.06. The number of pyridine rings is 1. The summed E-state index contributed by atoms with van der Waals surface area (Å²) in [4.78, 5) is 10.9. The van der Waals surface area contributed by atoms with E-state index in [-0.39, 0.29) is 0 Å². The van der Waals surface area contributed by atoms with E-state index in [1.54, 1.807) is 7.11 Å². The van der Waals surface area contributed by atoms with Crippen LogP contribution in [0.25, 0.3) is 43.5 Å². The summed E-state index contributed by atoms with van der Waals surface area (Å²) in [5, 5.41) is 9.44. The smallest absolute Gasteiger partial charge is 0.136 e. The number of hydrogen-bond acceptors (Lipinski definition) is 4. The third-order valence-electron chi connectivity index (χ3n) is 5.71. The summed E-state index contributed by atoms with van der Waals surface area (Å²) in [6.45, 7) is 1.93. The van der Waals surface area contributed by atoms with Gasteiger partial charge < -0.3 is 19.9 Å².